The van der Waals surface area contributed by atoms with Crippen molar-refractivity contribution in [3.63, 3.8) is 0 Å². The number of Topliss-reactive ketones (excluding diaryl/α,β-unsaturated/α-hetero) is 1. The number of benzene rings is 2. The van der Waals surface area contributed by atoms with E-state index in [1.807, 2.05) is 12.1 Å². The maximum absolute atomic E-state index is 13.0. The fourth-order valence-electron chi connectivity index (χ4n) is 3.56. The van der Waals surface area contributed by atoms with E-state index in [1.54, 1.807) is 69.3 Å². The third-order valence-electron chi connectivity index (χ3n) is 5.54. The van der Waals surface area contributed by atoms with Gasteiger partial charge in [0.15, 0.2) is 5.78 Å². The zero-order chi connectivity index (χ0) is 32.5. The first-order chi connectivity index (χ1) is 20.8. The highest BCUT2D eigenvalue weighted by molar-refractivity contribution is 8.00. The Morgan fingerprint density at radius 3 is 2.05 bits per heavy atom. The summed E-state index contributed by atoms with van der Waals surface area (Å²) in [5, 5.41) is 11.4. The smallest absolute Gasteiger partial charge is 0.437 e. The minimum Gasteiger partial charge on any atom is -0.481 e. The lowest BCUT2D eigenvalue weighted by atomic mass is 10.1. The summed E-state index contributed by atoms with van der Waals surface area (Å²) in [5.74, 6) is -2.47. The van der Waals surface area contributed by atoms with Crippen LogP contribution in [0.3, 0.4) is 0 Å². The Kier molecular flexibility index (Phi) is 14.7. The Hall–Kier alpha value is -4.59. The number of amides is 3. The van der Waals surface area contributed by atoms with Crippen LogP contribution < -0.4 is 11.1 Å². The molecule has 4 N–H and O–H groups in total. The molecule has 0 aliphatic carbocycles. The number of carboxylic acids is 1. The van der Waals surface area contributed by atoms with Gasteiger partial charge in [-0.3, -0.25) is 9.59 Å². The number of aliphatic carboxylic acids is 1. The van der Waals surface area contributed by atoms with Gasteiger partial charge in [0.25, 0.3) is 0 Å². The molecule has 0 unspecified atom stereocenters. The lowest BCUT2D eigenvalue weighted by Crippen LogP contribution is -2.46. The molecule has 0 aromatic heterocycles. The Morgan fingerprint density at radius 1 is 0.932 bits per heavy atom. The molecule has 0 aliphatic rings. The highest BCUT2D eigenvalue weighted by Crippen LogP contribution is 2.12. The molecule has 0 bridgehead atoms. The van der Waals surface area contributed by atoms with Crippen molar-refractivity contribution >= 4 is 47.8 Å². The van der Waals surface area contributed by atoms with Crippen LogP contribution in [-0.2, 0) is 37.0 Å². The number of carbonyl (C=O) groups is 5. The summed E-state index contributed by atoms with van der Waals surface area (Å²) >= 11 is 0.886. The Labute approximate surface area is 260 Å². The summed E-state index contributed by atoms with van der Waals surface area (Å²) in [7, 11) is 0. The molecule has 2 aromatic carbocycles. The zero-order valence-electron chi connectivity index (χ0n) is 24.9. The fraction of sp³-hybridized carbons (Fsp3) is 0.400. The predicted octanol–water partition coefficient (Wildman–Crippen LogP) is 4.34. The molecule has 0 aliphatic heterocycles. The Bertz CT molecular complexity index is 1280. The van der Waals surface area contributed by atoms with Crippen LogP contribution in [0.25, 0.3) is 0 Å². The van der Waals surface area contributed by atoms with E-state index in [4.69, 9.17) is 25.1 Å². The van der Waals surface area contributed by atoms with Crippen LogP contribution in [0.2, 0.25) is 0 Å². The normalized spacial score (nSPS) is 12.0. The van der Waals surface area contributed by atoms with Gasteiger partial charge in [0.2, 0.25) is 5.96 Å². The lowest BCUT2D eigenvalue weighted by molar-refractivity contribution is -0.133. The van der Waals surface area contributed by atoms with E-state index in [2.05, 4.69) is 10.3 Å². The second kappa shape index (κ2) is 18.2. The molecular formula is C30H38N4O9S. The number of nitrogens with two attached hydrogens (primary N) is 1. The summed E-state index contributed by atoms with van der Waals surface area (Å²) in [6.45, 7) is 4.71. The molecule has 1 atom stereocenters. The number of hydrogen-bond donors (Lipinski definition) is 3. The molecule has 0 saturated carbocycles. The third-order valence-corrected chi connectivity index (χ3v) is 6.48. The predicted molar refractivity (Wildman–Crippen MR) is 164 cm³/mol. The van der Waals surface area contributed by atoms with Crippen molar-refractivity contribution in [3.05, 3.63) is 71.8 Å². The second-order valence-electron chi connectivity index (χ2n) is 10.4. The first-order valence-electron chi connectivity index (χ1n) is 13.7. The molecule has 2 aromatic rings. The van der Waals surface area contributed by atoms with Crippen molar-refractivity contribution in [1.82, 2.24) is 10.2 Å². The van der Waals surface area contributed by atoms with Gasteiger partial charge in [-0.05, 0) is 44.7 Å². The van der Waals surface area contributed by atoms with Crippen LogP contribution in [0.5, 0.6) is 0 Å². The lowest BCUT2D eigenvalue weighted by Gasteiger charge is -2.24. The number of nitrogens with zero attached hydrogens (tertiary/aromatic N) is 2. The largest absolute Gasteiger partial charge is 0.481 e. The summed E-state index contributed by atoms with van der Waals surface area (Å²) in [4.78, 5) is 66.2. The third kappa shape index (κ3) is 14.5. The number of alkyl carbamates (subject to hydrolysis) is 1. The van der Waals surface area contributed by atoms with Gasteiger partial charge in [0, 0.05) is 6.54 Å². The van der Waals surface area contributed by atoms with E-state index in [-0.39, 0.29) is 44.1 Å². The molecular weight excluding hydrogens is 592 g/mol. The van der Waals surface area contributed by atoms with Crippen LogP contribution >= 0.6 is 11.8 Å². The molecule has 0 spiro atoms. The van der Waals surface area contributed by atoms with Gasteiger partial charge in [-0.1, -0.05) is 60.7 Å². The van der Waals surface area contributed by atoms with Gasteiger partial charge >= 0.3 is 24.2 Å². The standard InChI is InChI=1S/C30H38N4O9S/c1-30(2,3)43-28(39)32-23(24(35)19-44-20-25(36)37)15-10-16-34(29(40)42-18-22-13-8-5-9-14-22)26(31)33-27(38)41-17-21-11-6-4-7-12-21/h4-9,11-14,23H,10,15-20H2,1-3H3,(H,32,39)(H,36,37)(H2,31,33,38)/t23-/m0/s1. The number of carboxylic acid groups (broad SMARTS) is 1. The van der Waals surface area contributed by atoms with Crippen molar-refractivity contribution < 1.29 is 43.3 Å². The number of guanidine groups is 1. The molecule has 0 fully saturated rings. The van der Waals surface area contributed by atoms with Gasteiger partial charge in [-0.25, -0.2) is 19.3 Å². The minimum absolute atomic E-state index is 0.0277. The van der Waals surface area contributed by atoms with Gasteiger partial charge in [0.05, 0.1) is 17.5 Å². The number of carbonyl (C=O) groups excluding carboxylic acids is 4. The molecule has 0 heterocycles. The van der Waals surface area contributed by atoms with Crippen molar-refractivity contribution in [1.29, 1.82) is 0 Å². The number of ketones is 1. The summed E-state index contributed by atoms with van der Waals surface area (Å²) in [6, 6.07) is 16.7. The molecule has 0 saturated heterocycles. The number of hydrogen-bond acceptors (Lipinski definition) is 9. The van der Waals surface area contributed by atoms with Gasteiger partial charge < -0.3 is 30.4 Å². The van der Waals surface area contributed by atoms with E-state index in [9.17, 15) is 24.0 Å². The van der Waals surface area contributed by atoms with E-state index in [0.29, 0.717) is 5.56 Å². The van der Waals surface area contributed by atoms with Crippen molar-refractivity contribution in [2.45, 2.75) is 58.5 Å². The molecule has 14 heteroatoms. The molecule has 238 valence electrons. The fourth-order valence-corrected chi connectivity index (χ4v) is 4.24. The van der Waals surface area contributed by atoms with Crippen LogP contribution in [0.15, 0.2) is 65.7 Å². The monoisotopic (exact) mass is 630 g/mol. The number of aliphatic imine (C=N–C) groups is 1. The van der Waals surface area contributed by atoms with E-state index in [0.717, 1.165) is 22.2 Å². The Morgan fingerprint density at radius 2 is 1.50 bits per heavy atom. The molecule has 2 rings (SSSR count). The maximum atomic E-state index is 13.0. The minimum atomic E-state index is -1.08. The highest BCUT2D eigenvalue weighted by Gasteiger charge is 2.26. The maximum Gasteiger partial charge on any atom is 0.437 e. The quantitative estimate of drug-likeness (QED) is 0.153. The van der Waals surface area contributed by atoms with Gasteiger partial charge in [-0.15, -0.1) is 16.8 Å². The molecule has 3 amide bonds. The average molecular weight is 631 g/mol. The molecule has 0 radical (unpaired) electrons. The van der Waals surface area contributed by atoms with Gasteiger partial charge in [-0.2, -0.15) is 0 Å². The average Bonchev–Trinajstić information content (AvgIpc) is 2.96. The van der Waals surface area contributed by atoms with E-state index in [1.165, 1.54) is 0 Å². The topological polar surface area (TPSA) is 187 Å². The summed E-state index contributed by atoms with van der Waals surface area (Å²) < 4.78 is 15.8. The second-order valence-corrected chi connectivity index (χ2v) is 11.4. The first-order valence-corrected chi connectivity index (χ1v) is 14.8. The van der Waals surface area contributed by atoms with E-state index >= 15 is 0 Å². The van der Waals surface area contributed by atoms with Crippen LogP contribution in [0, 0.1) is 0 Å². The van der Waals surface area contributed by atoms with Crippen molar-refractivity contribution in [3.8, 4) is 0 Å². The Balaban J connectivity index is 2.13. The van der Waals surface area contributed by atoms with Gasteiger partial charge in [0.1, 0.15) is 18.8 Å². The number of nitrogens with one attached hydrogen (secondary N) is 1. The van der Waals surface area contributed by atoms with E-state index < -0.39 is 47.6 Å². The first kappa shape index (κ1) is 35.6. The van der Waals surface area contributed by atoms with Crippen molar-refractivity contribution in [2.24, 2.45) is 10.7 Å². The zero-order valence-corrected chi connectivity index (χ0v) is 25.7. The SMILES string of the molecule is CC(C)(C)OC(=O)N[C@@H](CCCN(C(=O)OCc1ccccc1)/C(N)=N\C(=O)OCc1ccccc1)C(=O)CSCC(=O)O. The highest BCUT2D eigenvalue weighted by atomic mass is 32.2. The number of rotatable bonds is 14. The molecule has 44 heavy (non-hydrogen) atoms. The van der Waals surface area contributed by atoms with Crippen LogP contribution in [0.4, 0.5) is 14.4 Å². The molecule has 13 nitrogen and oxygen atoms in total. The van der Waals surface area contributed by atoms with Crippen LogP contribution in [-0.4, -0.2) is 75.7 Å². The summed E-state index contributed by atoms with van der Waals surface area (Å²) in [5.41, 5.74) is 6.65. The summed E-state index contributed by atoms with van der Waals surface area (Å²) in [6.07, 6.45) is -2.63. The number of thioether (sulfide) groups is 1. The number of ether oxygens (including phenoxy) is 3. The van der Waals surface area contributed by atoms with Crippen molar-refractivity contribution in [2.75, 3.05) is 18.1 Å². The van der Waals surface area contributed by atoms with Crippen LogP contribution in [0.1, 0.15) is 44.7 Å².